The van der Waals surface area contributed by atoms with Crippen molar-refractivity contribution < 1.29 is 13.9 Å². The molecular formula is C25H27N7O3. The molecule has 0 unspecified atom stereocenters. The second-order valence-corrected chi connectivity index (χ2v) is 8.41. The van der Waals surface area contributed by atoms with Crippen molar-refractivity contribution in [2.45, 2.75) is 33.4 Å². The molecule has 0 radical (unpaired) electrons. The molecule has 35 heavy (non-hydrogen) atoms. The molecule has 4 heterocycles. The zero-order chi connectivity index (χ0) is 24.2. The van der Waals surface area contributed by atoms with Gasteiger partial charge in [-0.15, -0.1) is 10.2 Å². The Labute approximate surface area is 203 Å². The lowest BCUT2D eigenvalue weighted by Crippen LogP contribution is -2.34. The third-order valence-electron chi connectivity index (χ3n) is 6.09. The van der Waals surface area contributed by atoms with Crippen LogP contribution in [0.4, 0.5) is 6.01 Å². The number of anilines is 1. The van der Waals surface area contributed by atoms with E-state index in [1.54, 1.807) is 12.2 Å². The number of allylic oxidation sites excluding steroid dienone is 3. The van der Waals surface area contributed by atoms with Gasteiger partial charge in [0.15, 0.2) is 0 Å². The van der Waals surface area contributed by atoms with Crippen LogP contribution in [0.25, 0.3) is 11.4 Å². The number of tetrazole rings is 1. The second kappa shape index (κ2) is 9.96. The van der Waals surface area contributed by atoms with Crippen molar-refractivity contribution in [3.63, 3.8) is 0 Å². The largest absolute Gasteiger partial charge is 0.486 e. The average molecular weight is 474 g/mol. The zero-order valence-electron chi connectivity index (χ0n) is 19.8. The maximum absolute atomic E-state index is 12.6. The van der Waals surface area contributed by atoms with Crippen LogP contribution < -0.4 is 9.64 Å². The lowest BCUT2D eigenvalue weighted by molar-refractivity contribution is -0.126. The first kappa shape index (κ1) is 22.6. The monoisotopic (exact) mass is 473 g/mol. The number of rotatable bonds is 7. The van der Waals surface area contributed by atoms with Crippen LogP contribution in [0.15, 0.2) is 53.0 Å². The van der Waals surface area contributed by atoms with Gasteiger partial charge in [0, 0.05) is 32.3 Å². The first-order valence-corrected chi connectivity index (χ1v) is 11.6. The molecule has 0 spiro atoms. The Hall–Kier alpha value is -4.21. The van der Waals surface area contributed by atoms with Crippen LogP contribution in [0.5, 0.6) is 5.75 Å². The van der Waals surface area contributed by atoms with E-state index in [4.69, 9.17) is 9.15 Å². The lowest BCUT2D eigenvalue weighted by Gasteiger charge is -2.29. The van der Waals surface area contributed by atoms with Crippen molar-refractivity contribution in [3.05, 3.63) is 71.2 Å². The normalized spacial score (nSPS) is 15.5. The summed E-state index contributed by atoms with van der Waals surface area (Å²) in [5.41, 5.74) is 3.65. The first-order chi connectivity index (χ1) is 17.1. The predicted octanol–water partition coefficient (Wildman–Crippen LogP) is 3.14. The molecule has 10 heteroatoms. The molecule has 2 aromatic heterocycles. The Morgan fingerprint density at radius 1 is 1.23 bits per heavy atom. The highest BCUT2D eigenvalue weighted by atomic mass is 16.5. The molecule has 0 atom stereocenters. The van der Waals surface area contributed by atoms with Crippen LogP contribution >= 0.6 is 0 Å². The fourth-order valence-electron chi connectivity index (χ4n) is 4.16. The Bertz CT molecular complexity index is 1280. The zero-order valence-corrected chi connectivity index (χ0v) is 19.8. The number of ether oxygens (including phenoxy) is 1. The summed E-state index contributed by atoms with van der Waals surface area (Å²) in [7, 11) is 0. The summed E-state index contributed by atoms with van der Waals surface area (Å²) in [4.78, 5) is 21.1. The number of aromatic amines is 1. The van der Waals surface area contributed by atoms with Gasteiger partial charge in [0.1, 0.15) is 23.8 Å². The summed E-state index contributed by atoms with van der Waals surface area (Å²) < 4.78 is 12.1. The number of benzene rings is 1. The standard InChI is InChI=1S/C25H27N7O3/c1-3-4-5-8-23(33)32-12-9-18-13-20(24-27-29-30-28-24)22(14-19(18)15-32)34-16-21-17(2)35-25(26-21)31-10-6-7-11-31/h3-8,13-14H,9-12,15-16H2,1-2H3,(H,27,28,29,30)/b4-3+,8-5+. The number of fused-ring (bicyclic) bond motifs is 1. The van der Waals surface area contributed by atoms with Gasteiger partial charge < -0.3 is 19.0 Å². The topological polar surface area (TPSA) is 113 Å². The van der Waals surface area contributed by atoms with Crippen molar-refractivity contribution >= 4 is 11.9 Å². The number of hydrogen-bond acceptors (Lipinski definition) is 8. The molecule has 0 bridgehead atoms. The van der Waals surface area contributed by atoms with E-state index in [0.717, 1.165) is 47.7 Å². The number of H-pyrrole nitrogens is 1. The number of oxazole rings is 1. The molecule has 3 aromatic rings. The number of carbonyl (C=O) groups excluding carboxylic acids is 1. The highest BCUT2D eigenvalue weighted by molar-refractivity contribution is 5.88. The molecule has 1 aromatic carbocycles. The number of nitrogens with one attached hydrogen (secondary N) is 1. The maximum atomic E-state index is 12.6. The van der Waals surface area contributed by atoms with E-state index in [2.05, 4.69) is 42.7 Å². The van der Waals surface area contributed by atoms with Gasteiger partial charge in [-0.2, -0.15) is 10.2 Å². The highest BCUT2D eigenvalue weighted by Crippen LogP contribution is 2.34. The van der Waals surface area contributed by atoms with Gasteiger partial charge in [0.05, 0.1) is 5.56 Å². The quantitative estimate of drug-likeness (QED) is 0.316. The van der Waals surface area contributed by atoms with E-state index < -0.39 is 0 Å². The fraction of sp³-hybridized carbons (Fsp3) is 0.320. The van der Waals surface area contributed by atoms with Crippen LogP contribution in [-0.4, -0.2) is 56.0 Å². The van der Waals surface area contributed by atoms with Crippen LogP contribution in [-0.2, 0) is 24.4 Å². The maximum Gasteiger partial charge on any atom is 0.298 e. The minimum absolute atomic E-state index is 0.0133. The van der Waals surface area contributed by atoms with Gasteiger partial charge in [-0.3, -0.25) is 4.79 Å². The molecular weight excluding hydrogens is 446 g/mol. The molecule has 5 rings (SSSR count). The van der Waals surface area contributed by atoms with Crippen LogP contribution in [0, 0.1) is 6.92 Å². The van der Waals surface area contributed by atoms with E-state index in [-0.39, 0.29) is 12.5 Å². The second-order valence-electron chi connectivity index (χ2n) is 8.41. The number of amides is 1. The minimum atomic E-state index is -0.0133. The van der Waals surface area contributed by atoms with E-state index in [1.807, 2.05) is 43.0 Å². The van der Waals surface area contributed by atoms with Crippen molar-refractivity contribution in [1.29, 1.82) is 0 Å². The van der Waals surface area contributed by atoms with Crippen LogP contribution in [0.3, 0.4) is 0 Å². The smallest absolute Gasteiger partial charge is 0.298 e. The third kappa shape index (κ3) is 4.86. The van der Waals surface area contributed by atoms with Gasteiger partial charge >= 0.3 is 0 Å². The predicted molar refractivity (Wildman–Crippen MR) is 130 cm³/mol. The van der Waals surface area contributed by atoms with Crippen LogP contribution in [0.1, 0.15) is 29.5 Å². The molecule has 0 saturated heterocycles. The molecule has 0 saturated carbocycles. The van der Waals surface area contributed by atoms with Crippen molar-refractivity contribution in [2.75, 3.05) is 24.5 Å². The summed E-state index contributed by atoms with van der Waals surface area (Å²) in [5.74, 6) is 1.77. The number of carbonyl (C=O) groups is 1. The Morgan fingerprint density at radius 3 is 2.86 bits per heavy atom. The van der Waals surface area contributed by atoms with Gasteiger partial charge in [0.2, 0.25) is 11.7 Å². The molecule has 10 nitrogen and oxygen atoms in total. The van der Waals surface area contributed by atoms with E-state index in [9.17, 15) is 4.79 Å². The fourth-order valence-corrected chi connectivity index (χ4v) is 4.16. The van der Waals surface area contributed by atoms with E-state index in [0.29, 0.717) is 30.7 Å². The Balaban J connectivity index is 1.39. The lowest BCUT2D eigenvalue weighted by atomic mass is 9.96. The van der Waals surface area contributed by atoms with Crippen molar-refractivity contribution in [1.82, 2.24) is 30.5 Å². The molecule has 180 valence electrons. The molecule has 2 aliphatic heterocycles. The highest BCUT2D eigenvalue weighted by Gasteiger charge is 2.24. The number of nitrogens with zero attached hydrogens (tertiary/aromatic N) is 6. The minimum Gasteiger partial charge on any atom is -0.486 e. The SMILES string of the molecule is C/C=C/C=C/C(=O)N1CCc2cc(-c3nn[nH]n3)c(OCc3nc(N4CC=CC4)oc3C)cc2C1. The van der Waals surface area contributed by atoms with Gasteiger partial charge in [0.25, 0.3) is 6.01 Å². The number of aryl methyl sites for hydroxylation is 1. The van der Waals surface area contributed by atoms with Crippen molar-refractivity contribution in [2.24, 2.45) is 0 Å². The molecule has 2 aliphatic rings. The summed E-state index contributed by atoms with van der Waals surface area (Å²) in [6.45, 7) is 6.75. The van der Waals surface area contributed by atoms with Gasteiger partial charge in [-0.25, -0.2) is 0 Å². The van der Waals surface area contributed by atoms with E-state index in [1.165, 1.54) is 0 Å². The Morgan fingerprint density at radius 2 is 2.09 bits per heavy atom. The average Bonchev–Trinajstić information content (AvgIpc) is 3.64. The first-order valence-electron chi connectivity index (χ1n) is 11.6. The van der Waals surface area contributed by atoms with Gasteiger partial charge in [-0.05, 0) is 48.7 Å². The Kier molecular flexibility index (Phi) is 6.42. The summed E-state index contributed by atoms with van der Waals surface area (Å²) in [5, 5.41) is 14.5. The summed E-state index contributed by atoms with van der Waals surface area (Å²) >= 11 is 0. The molecule has 1 N–H and O–H groups in total. The third-order valence-corrected chi connectivity index (χ3v) is 6.09. The number of aromatic nitrogens is 5. The van der Waals surface area contributed by atoms with E-state index >= 15 is 0 Å². The summed E-state index contributed by atoms with van der Waals surface area (Å²) in [6, 6.07) is 4.59. The summed E-state index contributed by atoms with van der Waals surface area (Å²) in [6.07, 6.45) is 12.0. The molecule has 0 fully saturated rings. The molecule has 0 aliphatic carbocycles. The van der Waals surface area contributed by atoms with Crippen LogP contribution in [0.2, 0.25) is 0 Å². The van der Waals surface area contributed by atoms with Gasteiger partial charge in [-0.1, -0.05) is 30.4 Å². The number of hydrogen-bond donors (Lipinski definition) is 1. The van der Waals surface area contributed by atoms with Crippen molar-refractivity contribution in [3.8, 4) is 17.1 Å². The molecule has 1 amide bonds.